The van der Waals surface area contributed by atoms with Crippen LogP contribution in [0.5, 0.6) is 0 Å². The highest BCUT2D eigenvalue weighted by molar-refractivity contribution is 9.10. The van der Waals surface area contributed by atoms with Crippen LogP contribution in [-0.4, -0.2) is 27.5 Å². The van der Waals surface area contributed by atoms with Crippen LogP contribution in [0.1, 0.15) is 33.5 Å². The number of benzene rings is 1. The Balaban J connectivity index is 1.93. The van der Waals surface area contributed by atoms with Gasteiger partial charge in [0.15, 0.2) is 0 Å². The van der Waals surface area contributed by atoms with Crippen LogP contribution in [0.3, 0.4) is 0 Å². The minimum atomic E-state index is -0.284. The second kappa shape index (κ2) is 7.27. The molecule has 0 aliphatic rings. The molecule has 23 heavy (non-hydrogen) atoms. The summed E-state index contributed by atoms with van der Waals surface area (Å²) in [6, 6.07) is 7.74. The second-order valence-electron chi connectivity index (χ2n) is 6.60. The zero-order valence-corrected chi connectivity index (χ0v) is 15.5. The molecule has 0 saturated carbocycles. The first-order valence-electron chi connectivity index (χ1n) is 7.60. The summed E-state index contributed by atoms with van der Waals surface area (Å²) in [7, 11) is 0. The van der Waals surface area contributed by atoms with E-state index in [4.69, 9.17) is 0 Å². The predicted molar refractivity (Wildman–Crippen MR) is 95.9 cm³/mol. The molecule has 1 unspecified atom stereocenters. The van der Waals surface area contributed by atoms with Gasteiger partial charge < -0.3 is 10.3 Å². The summed E-state index contributed by atoms with van der Waals surface area (Å²) < 4.78 is 1.02. The Bertz CT molecular complexity index is 675. The molecule has 0 aliphatic heterocycles. The summed E-state index contributed by atoms with van der Waals surface area (Å²) >= 11 is 3.46. The Morgan fingerprint density at radius 1 is 1.39 bits per heavy atom. The van der Waals surface area contributed by atoms with Crippen molar-refractivity contribution >= 4 is 21.8 Å². The molecule has 0 spiro atoms. The topological polar surface area (TPSA) is 69.8 Å². The number of aromatic nitrogens is 2. The Labute approximate surface area is 145 Å². The van der Waals surface area contributed by atoms with E-state index >= 15 is 0 Å². The van der Waals surface area contributed by atoms with Gasteiger partial charge in [0.05, 0.1) is 24.5 Å². The van der Waals surface area contributed by atoms with Gasteiger partial charge >= 0.3 is 0 Å². The van der Waals surface area contributed by atoms with Crippen molar-refractivity contribution in [3.05, 3.63) is 40.8 Å². The zero-order valence-electron chi connectivity index (χ0n) is 13.9. The lowest BCUT2D eigenvalue weighted by molar-refractivity contribution is -0.124. The first-order valence-corrected chi connectivity index (χ1v) is 8.39. The third-order valence-electron chi connectivity index (χ3n) is 3.23. The van der Waals surface area contributed by atoms with Crippen LogP contribution in [0, 0.1) is 0 Å². The van der Waals surface area contributed by atoms with Gasteiger partial charge in [-0.25, -0.2) is 4.98 Å². The Hall–Kier alpha value is -1.66. The van der Waals surface area contributed by atoms with Crippen LogP contribution in [0.4, 0.5) is 0 Å². The Kier molecular flexibility index (Phi) is 5.59. The molecule has 1 heterocycles. The molecule has 5 nitrogen and oxygen atoms in total. The van der Waals surface area contributed by atoms with Crippen molar-refractivity contribution < 1.29 is 4.79 Å². The fourth-order valence-electron chi connectivity index (χ4n) is 2.08. The number of halogens is 1. The largest absolute Gasteiger partial charge is 0.350 e. The van der Waals surface area contributed by atoms with Crippen LogP contribution in [0.15, 0.2) is 34.9 Å². The van der Waals surface area contributed by atoms with E-state index in [1.165, 1.54) is 0 Å². The van der Waals surface area contributed by atoms with Crippen LogP contribution in [0.2, 0.25) is 0 Å². The van der Waals surface area contributed by atoms with Crippen LogP contribution >= 0.6 is 15.9 Å². The van der Waals surface area contributed by atoms with E-state index in [2.05, 4.69) is 36.5 Å². The molecule has 0 radical (unpaired) electrons. The summed E-state index contributed by atoms with van der Waals surface area (Å²) in [4.78, 5) is 19.7. The van der Waals surface area contributed by atoms with Crippen LogP contribution in [0.25, 0.3) is 11.3 Å². The van der Waals surface area contributed by atoms with Gasteiger partial charge in [-0.3, -0.25) is 10.1 Å². The van der Waals surface area contributed by atoms with Gasteiger partial charge in [0, 0.05) is 15.6 Å². The van der Waals surface area contributed by atoms with Gasteiger partial charge in [0.25, 0.3) is 0 Å². The molecule has 0 aliphatic carbocycles. The molecule has 2 rings (SSSR count). The highest BCUT2D eigenvalue weighted by Crippen LogP contribution is 2.21. The number of imidazole rings is 1. The monoisotopic (exact) mass is 378 g/mol. The molecular weight excluding hydrogens is 356 g/mol. The molecule has 0 fully saturated rings. The molecule has 1 atom stereocenters. The third kappa shape index (κ3) is 5.48. The number of H-pyrrole nitrogens is 1. The lowest BCUT2D eigenvalue weighted by Gasteiger charge is -2.23. The first kappa shape index (κ1) is 17.7. The van der Waals surface area contributed by atoms with Crippen molar-refractivity contribution in [2.75, 3.05) is 0 Å². The van der Waals surface area contributed by atoms with Gasteiger partial charge in [-0.15, -0.1) is 0 Å². The van der Waals surface area contributed by atoms with Crippen molar-refractivity contribution in [1.82, 2.24) is 20.6 Å². The first-order chi connectivity index (χ1) is 10.7. The lowest BCUT2D eigenvalue weighted by Crippen LogP contribution is -2.49. The van der Waals surface area contributed by atoms with E-state index in [-0.39, 0.29) is 17.5 Å². The lowest BCUT2D eigenvalue weighted by atomic mass is 10.1. The molecule has 1 aromatic carbocycles. The highest BCUT2D eigenvalue weighted by atomic mass is 79.9. The van der Waals surface area contributed by atoms with Crippen molar-refractivity contribution in [3.63, 3.8) is 0 Å². The summed E-state index contributed by atoms with van der Waals surface area (Å²) in [6.07, 6.45) is 1.80. The van der Waals surface area contributed by atoms with Gasteiger partial charge in [-0.05, 0) is 39.8 Å². The van der Waals surface area contributed by atoms with E-state index in [9.17, 15) is 4.79 Å². The molecule has 3 N–H and O–H groups in total. The summed E-state index contributed by atoms with van der Waals surface area (Å²) in [6.45, 7) is 8.25. The van der Waals surface area contributed by atoms with Crippen molar-refractivity contribution in [3.8, 4) is 11.3 Å². The SMILES string of the molecule is CC(NCc1ncc(-c2cccc(Br)c2)[nH]1)C(=O)NC(C)(C)C. The fraction of sp³-hybridized carbons (Fsp3) is 0.412. The normalized spacial score (nSPS) is 12.9. The van der Waals surface area contributed by atoms with Gasteiger partial charge in [0.1, 0.15) is 5.82 Å². The standard InChI is InChI=1S/C17H23BrN4O/c1-11(16(23)22-17(2,3)4)19-10-15-20-9-14(21-15)12-6-5-7-13(18)8-12/h5-9,11,19H,10H2,1-4H3,(H,20,21)(H,22,23). The Morgan fingerprint density at radius 3 is 2.78 bits per heavy atom. The van der Waals surface area contributed by atoms with Crippen LogP contribution in [-0.2, 0) is 11.3 Å². The molecule has 0 saturated heterocycles. The van der Waals surface area contributed by atoms with Gasteiger partial charge in [0.2, 0.25) is 5.91 Å². The number of nitrogens with one attached hydrogen (secondary N) is 3. The number of carbonyl (C=O) groups excluding carboxylic acids is 1. The van der Waals surface area contributed by atoms with Crippen molar-refractivity contribution in [2.24, 2.45) is 0 Å². The molecule has 0 bridgehead atoms. The van der Waals surface area contributed by atoms with E-state index in [0.717, 1.165) is 21.6 Å². The predicted octanol–water partition coefficient (Wildman–Crippen LogP) is 3.23. The summed E-state index contributed by atoms with van der Waals surface area (Å²) in [5, 5.41) is 6.14. The Morgan fingerprint density at radius 2 is 2.13 bits per heavy atom. The summed E-state index contributed by atoms with van der Waals surface area (Å²) in [5.41, 5.74) is 1.79. The smallest absolute Gasteiger partial charge is 0.237 e. The molecular formula is C17H23BrN4O. The van der Waals surface area contributed by atoms with Crippen molar-refractivity contribution in [2.45, 2.75) is 45.8 Å². The number of hydrogen-bond donors (Lipinski definition) is 3. The minimum absolute atomic E-state index is 0.0173. The number of carbonyl (C=O) groups is 1. The average molecular weight is 379 g/mol. The number of nitrogens with zero attached hydrogens (tertiary/aromatic N) is 1. The highest BCUT2D eigenvalue weighted by Gasteiger charge is 2.19. The number of rotatable bonds is 5. The van der Waals surface area contributed by atoms with Gasteiger partial charge in [-0.2, -0.15) is 0 Å². The quantitative estimate of drug-likeness (QED) is 0.747. The van der Waals surface area contributed by atoms with E-state index in [0.29, 0.717) is 6.54 Å². The molecule has 2 aromatic rings. The number of aromatic amines is 1. The third-order valence-corrected chi connectivity index (χ3v) is 3.72. The van der Waals surface area contributed by atoms with E-state index < -0.39 is 0 Å². The maximum absolute atomic E-state index is 12.0. The molecule has 1 amide bonds. The van der Waals surface area contributed by atoms with Crippen molar-refractivity contribution in [1.29, 1.82) is 0 Å². The van der Waals surface area contributed by atoms with E-state index in [1.807, 2.05) is 52.0 Å². The maximum atomic E-state index is 12.0. The second-order valence-corrected chi connectivity index (χ2v) is 7.51. The number of hydrogen-bond acceptors (Lipinski definition) is 3. The van der Waals surface area contributed by atoms with Gasteiger partial charge in [-0.1, -0.05) is 28.1 Å². The minimum Gasteiger partial charge on any atom is -0.350 e. The van der Waals surface area contributed by atoms with E-state index in [1.54, 1.807) is 6.20 Å². The molecule has 6 heteroatoms. The van der Waals surface area contributed by atoms with Crippen LogP contribution < -0.4 is 10.6 Å². The molecule has 124 valence electrons. The summed E-state index contributed by atoms with van der Waals surface area (Å²) in [5.74, 6) is 0.784. The fourth-order valence-corrected chi connectivity index (χ4v) is 2.47. The molecule has 1 aromatic heterocycles. The number of amides is 1. The maximum Gasteiger partial charge on any atom is 0.237 e. The average Bonchev–Trinajstić information content (AvgIpc) is 2.91. The zero-order chi connectivity index (χ0) is 17.0.